The maximum atomic E-state index is 13.2. The Hall–Kier alpha value is -3.48. The number of aromatic amines is 1. The summed E-state index contributed by atoms with van der Waals surface area (Å²) < 4.78 is 0. The van der Waals surface area contributed by atoms with Gasteiger partial charge in [0, 0.05) is 24.7 Å². The summed E-state index contributed by atoms with van der Waals surface area (Å²) in [5.41, 5.74) is 11.5. The van der Waals surface area contributed by atoms with Crippen molar-refractivity contribution in [3.63, 3.8) is 0 Å². The van der Waals surface area contributed by atoms with Crippen molar-refractivity contribution in [2.24, 2.45) is 23.3 Å². The monoisotopic (exact) mass is 509 g/mol. The molecule has 1 heterocycles. The lowest BCUT2D eigenvalue weighted by Gasteiger charge is -2.27. The van der Waals surface area contributed by atoms with Gasteiger partial charge in [-0.15, -0.1) is 0 Å². The third kappa shape index (κ3) is 10.4. The van der Waals surface area contributed by atoms with Gasteiger partial charge in [-0.2, -0.15) is 0 Å². The fraction of sp³-hybridized carbons (Fsp3) is 0.652. The molecule has 0 saturated carbocycles. The van der Waals surface area contributed by atoms with Crippen molar-refractivity contribution >= 4 is 29.6 Å². The predicted molar refractivity (Wildman–Crippen MR) is 131 cm³/mol. The second-order valence-electron chi connectivity index (χ2n) is 9.35. The maximum Gasteiger partial charge on any atom is 0.326 e. The van der Waals surface area contributed by atoms with E-state index in [1.807, 2.05) is 20.8 Å². The SMILES string of the molecule is CCC(C)C(NC(=O)C(CC(C)C)NC(=O)C(Cc1cnc[nH]1)NC(=O)C(N)CCC(N)=O)C(=O)O. The van der Waals surface area contributed by atoms with Gasteiger partial charge in [0.1, 0.15) is 18.1 Å². The number of aliphatic carboxylic acids is 1. The minimum Gasteiger partial charge on any atom is -0.480 e. The number of carbonyl (C=O) groups excluding carboxylic acids is 4. The van der Waals surface area contributed by atoms with Gasteiger partial charge in [-0.25, -0.2) is 9.78 Å². The molecule has 4 amide bonds. The molecule has 1 rings (SSSR count). The average Bonchev–Trinajstić information content (AvgIpc) is 3.31. The van der Waals surface area contributed by atoms with Crippen LogP contribution in [0.3, 0.4) is 0 Å². The predicted octanol–water partition coefficient (Wildman–Crippen LogP) is -0.824. The topological polar surface area (TPSA) is 222 Å². The van der Waals surface area contributed by atoms with E-state index in [9.17, 15) is 29.1 Å². The van der Waals surface area contributed by atoms with Crippen LogP contribution >= 0.6 is 0 Å². The molecule has 0 aliphatic rings. The van der Waals surface area contributed by atoms with Crippen LogP contribution < -0.4 is 27.4 Å². The number of H-pyrrole nitrogens is 1. The Bertz CT molecular complexity index is 890. The van der Waals surface area contributed by atoms with Crippen LogP contribution in [0.5, 0.6) is 0 Å². The summed E-state index contributed by atoms with van der Waals surface area (Å²) in [6.45, 7) is 7.25. The minimum absolute atomic E-state index is 0.00389. The van der Waals surface area contributed by atoms with Crippen LogP contribution in [0.25, 0.3) is 0 Å². The second-order valence-corrected chi connectivity index (χ2v) is 9.35. The molecule has 202 valence electrons. The van der Waals surface area contributed by atoms with E-state index >= 15 is 0 Å². The molecule has 0 aliphatic carbocycles. The number of imidazole rings is 1. The molecule has 9 N–H and O–H groups in total. The Morgan fingerprint density at radius 1 is 1.03 bits per heavy atom. The summed E-state index contributed by atoms with van der Waals surface area (Å²) in [5.74, 6) is -4.05. The Morgan fingerprint density at radius 2 is 1.64 bits per heavy atom. The first-order chi connectivity index (χ1) is 16.8. The highest BCUT2D eigenvalue weighted by Gasteiger charge is 2.32. The van der Waals surface area contributed by atoms with Crippen LogP contribution in [0.4, 0.5) is 0 Å². The zero-order chi connectivity index (χ0) is 27.4. The Morgan fingerprint density at radius 3 is 2.14 bits per heavy atom. The van der Waals surface area contributed by atoms with E-state index < -0.39 is 53.8 Å². The first-order valence-electron chi connectivity index (χ1n) is 12.0. The molecular formula is C23H39N7O6. The van der Waals surface area contributed by atoms with Crippen molar-refractivity contribution in [1.29, 1.82) is 0 Å². The van der Waals surface area contributed by atoms with Gasteiger partial charge in [0.2, 0.25) is 23.6 Å². The number of carbonyl (C=O) groups is 5. The molecule has 0 saturated heterocycles. The number of rotatable bonds is 16. The molecule has 0 bridgehead atoms. The molecular weight excluding hydrogens is 470 g/mol. The standard InChI is InChI=1S/C23H39N7O6/c1-5-13(4)19(23(35)36)30-22(34)16(8-12(2)3)29-21(33)17(9-14-10-26-11-27-14)28-20(32)15(24)6-7-18(25)31/h10-13,15-17,19H,5-9,24H2,1-4H3,(H2,25,31)(H,26,27)(H,28,32)(H,29,33)(H,30,34)(H,35,36). The van der Waals surface area contributed by atoms with E-state index in [0.717, 1.165) is 0 Å². The Labute approximate surface area is 210 Å². The van der Waals surface area contributed by atoms with Crippen molar-refractivity contribution in [1.82, 2.24) is 25.9 Å². The number of amides is 4. The molecule has 13 nitrogen and oxygen atoms in total. The molecule has 1 aromatic rings. The highest BCUT2D eigenvalue weighted by molar-refractivity contribution is 5.94. The first-order valence-corrected chi connectivity index (χ1v) is 12.0. The van der Waals surface area contributed by atoms with Crippen LogP contribution in [0, 0.1) is 11.8 Å². The van der Waals surface area contributed by atoms with Crippen LogP contribution in [-0.4, -0.2) is 68.8 Å². The van der Waals surface area contributed by atoms with Gasteiger partial charge < -0.3 is 37.5 Å². The number of carboxylic acids is 1. The van der Waals surface area contributed by atoms with Crippen molar-refractivity contribution in [3.05, 3.63) is 18.2 Å². The van der Waals surface area contributed by atoms with E-state index in [1.54, 1.807) is 6.92 Å². The van der Waals surface area contributed by atoms with Crippen molar-refractivity contribution in [2.45, 2.75) is 84.0 Å². The highest BCUT2D eigenvalue weighted by Crippen LogP contribution is 2.11. The van der Waals surface area contributed by atoms with Crippen LogP contribution in [-0.2, 0) is 30.4 Å². The summed E-state index contributed by atoms with van der Waals surface area (Å²) in [6.07, 6.45) is 3.62. The first kappa shape index (κ1) is 30.6. The Kier molecular flexibility index (Phi) is 12.6. The molecule has 5 unspecified atom stereocenters. The third-order valence-electron chi connectivity index (χ3n) is 5.77. The normalized spacial score (nSPS) is 15.3. The number of primary amides is 1. The number of nitrogens with two attached hydrogens (primary N) is 2. The molecule has 0 aromatic carbocycles. The van der Waals surface area contributed by atoms with Gasteiger partial charge in [0.15, 0.2) is 0 Å². The fourth-order valence-electron chi connectivity index (χ4n) is 3.45. The van der Waals surface area contributed by atoms with Gasteiger partial charge >= 0.3 is 5.97 Å². The molecule has 0 radical (unpaired) electrons. The van der Waals surface area contributed by atoms with Crippen LogP contribution in [0.1, 0.15) is 59.1 Å². The maximum absolute atomic E-state index is 13.2. The van der Waals surface area contributed by atoms with Crippen molar-refractivity contribution < 1.29 is 29.1 Å². The number of hydrogen-bond acceptors (Lipinski definition) is 7. The lowest BCUT2D eigenvalue weighted by Crippen LogP contribution is -2.58. The number of nitrogens with one attached hydrogen (secondary N) is 4. The molecule has 5 atom stereocenters. The lowest BCUT2D eigenvalue weighted by atomic mass is 9.97. The summed E-state index contributed by atoms with van der Waals surface area (Å²) in [7, 11) is 0. The van der Waals surface area contributed by atoms with Gasteiger partial charge in [0.05, 0.1) is 12.4 Å². The molecule has 0 spiro atoms. The van der Waals surface area contributed by atoms with E-state index in [0.29, 0.717) is 12.1 Å². The number of nitrogens with zero attached hydrogens (tertiary/aromatic N) is 1. The van der Waals surface area contributed by atoms with Crippen LogP contribution in [0.15, 0.2) is 12.5 Å². The zero-order valence-electron chi connectivity index (χ0n) is 21.2. The third-order valence-corrected chi connectivity index (χ3v) is 5.77. The highest BCUT2D eigenvalue weighted by atomic mass is 16.4. The molecule has 0 aliphatic heterocycles. The van der Waals surface area contributed by atoms with Gasteiger partial charge in [-0.05, 0) is 24.7 Å². The summed E-state index contributed by atoms with van der Waals surface area (Å²) in [6, 6.07) is -4.34. The molecule has 13 heteroatoms. The average molecular weight is 510 g/mol. The number of carboxylic acid groups (broad SMARTS) is 1. The van der Waals surface area contributed by atoms with E-state index in [1.165, 1.54) is 12.5 Å². The van der Waals surface area contributed by atoms with E-state index in [2.05, 4.69) is 25.9 Å². The number of aromatic nitrogens is 2. The van der Waals surface area contributed by atoms with Gasteiger partial charge in [-0.1, -0.05) is 34.1 Å². The fourth-order valence-corrected chi connectivity index (χ4v) is 3.45. The van der Waals surface area contributed by atoms with Gasteiger partial charge in [0.25, 0.3) is 0 Å². The van der Waals surface area contributed by atoms with Gasteiger partial charge in [-0.3, -0.25) is 19.2 Å². The lowest BCUT2D eigenvalue weighted by molar-refractivity contribution is -0.144. The smallest absolute Gasteiger partial charge is 0.326 e. The van der Waals surface area contributed by atoms with Crippen LogP contribution in [0.2, 0.25) is 0 Å². The molecule has 1 aromatic heterocycles. The minimum atomic E-state index is -1.17. The zero-order valence-corrected chi connectivity index (χ0v) is 21.2. The Balaban J connectivity index is 3.06. The summed E-state index contributed by atoms with van der Waals surface area (Å²) >= 11 is 0. The quantitative estimate of drug-likeness (QED) is 0.149. The van der Waals surface area contributed by atoms with E-state index in [-0.39, 0.29) is 37.5 Å². The molecule has 36 heavy (non-hydrogen) atoms. The van der Waals surface area contributed by atoms with Crippen molar-refractivity contribution in [3.8, 4) is 0 Å². The number of hydrogen-bond donors (Lipinski definition) is 7. The van der Waals surface area contributed by atoms with Crippen molar-refractivity contribution in [2.75, 3.05) is 0 Å². The largest absolute Gasteiger partial charge is 0.480 e. The second kappa shape index (κ2) is 14.8. The molecule has 0 fully saturated rings. The summed E-state index contributed by atoms with van der Waals surface area (Å²) in [4.78, 5) is 68.3. The summed E-state index contributed by atoms with van der Waals surface area (Å²) in [5, 5.41) is 17.3. The van der Waals surface area contributed by atoms with E-state index in [4.69, 9.17) is 11.5 Å².